The Labute approximate surface area is 150 Å². The van der Waals surface area contributed by atoms with Crippen LogP contribution in [0.3, 0.4) is 0 Å². The monoisotopic (exact) mass is 350 g/mol. The average Bonchev–Trinajstić information content (AvgIpc) is 3.23. The SMILES string of the molecule is C[C@@H]1Cc2ccccc2N1C(=O)CSc1nncn1-c1ccccc1. The molecule has 0 N–H and O–H groups in total. The number of carbonyl (C=O) groups is 1. The average molecular weight is 350 g/mol. The lowest BCUT2D eigenvalue weighted by molar-refractivity contribution is -0.116. The van der Waals surface area contributed by atoms with Gasteiger partial charge in [0.05, 0.1) is 5.75 Å². The number of hydrogen-bond donors (Lipinski definition) is 0. The van der Waals surface area contributed by atoms with Crippen LogP contribution in [0.1, 0.15) is 12.5 Å². The number of fused-ring (bicyclic) bond motifs is 1. The highest BCUT2D eigenvalue weighted by molar-refractivity contribution is 7.99. The first-order chi connectivity index (χ1) is 12.2. The second kappa shape index (κ2) is 6.72. The maximum atomic E-state index is 12.8. The van der Waals surface area contributed by atoms with Crippen LogP contribution in [0, 0.1) is 0 Å². The largest absolute Gasteiger partial charge is 0.308 e. The summed E-state index contributed by atoms with van der Waals surface area (Å²) in [6.07, 6.45) is 2.59. The van der Waals surface area contributed by atoms with E-state index < -0.39 is 0 Å². The van der Waals surface area contributed by atoms with E-state index in [0.29, 0.717) is 5.75 Å². The van der Waals surface area contributed by atoms with E-state index in [1.807, 2.05) is 58.0 Å². The van der Waals surface area contributed by atoms with Crippen LogP contribution < -0.4 is 4.90 Å². The molecule has 1 aliphatic rings. The van der Waals surface area contributed by atoms with Crippen molar-refractivity contribution in [3.63, 3.8) is 0 Å². The van der Waals surface area contributed by atoms with Crippen LogP contribution in [-0.4, -0.2) is 32.5 Å². The quantitative estimate of drug-likeness (QED) is 0.677. The van der Waals surface area contributed by atoms with E-state index >= 15 is 0 Å². The molecule has 1 aliphatic heterocycles. The Balaban J connectivity index is 1.50. The number of thioether (sulfide) groups is 1. The molecular formula is C19H18N4OS. The summed E-state index contributed by atoms with van der Waals surface area (Å²) in [6.45, 7) is 2.09. The van der Waals surface area contributed by atoms with Gasteiger partial charge in [-0.3, -0.25) is 9.36 Å². The highest BCUT2D eigenvalue weighted by atomic mass is 32.2. The van der Waals surface area contributed by atoms with E-state index in [4.69, 9.17) is 0 Å². The van der Waals surface area contributed by atoms with Crippen molar-refractivity contribution in [1.82, 2.24) is 14.8 Å². The van der Waals surface area contributed by atoms with Gasteiger partial charge in [0.2, 0.25) is 5.91 Å². The molecule has 0 saturated heterocycles. The third-order valence-electron chi connectivity index (χ3n) is 4.35. The maximum absolute atomic E-state index is 12.8. The molecule has 0 spiro atoms. The van der Waals surface area contributed by atoms with Crippen LogP contribution in [-0.2, 0) is 11.2 Å². The van der Waals surface area contributed by atoms with Crippen molar-refractivity contribution < 1.29 is 4.79 Å². The summed E-state index contributed by atoms with van der Waals surface area (Å²) in [4.78, 5) is 14.7. The summed E-state index contributed by atoms with van der Waals surface area (Å²) < 4.78 is 1.90. The lowest BCUT2D eigenvalue weighted by Gasteiger charge is -2.22. The number of anilines is 1. The Bertz CT molecular complexity index is 893. The first kappa shape index (κ1) is 15.9. The molecule has 2 heterocycles. The second-order valence-corrected chi connectivity index (χ2v) is 7.00. The number of benzene rings is 2. The minimum absolute atomic E-state index is 0.102. The highest BCUT2D eigenvalue weighted by Gasteiger charge is 2.30. The van der Waals surface area contributed by atoms with E-state index in [-0.39, 0.29) is 11.9 Å². The Morgan fingerprint density at radius 1 is 1.16 bits per heavy atom. The summed E-state index contributed by atoms with van der Waals surface area (Å²) in [6, 6.07) is 18.2. The summed E-state index contributed by atoms with van der Waals surface area (Å²) in [5.41, 5.74) is 3.26. The lowest BCUT2D eigenvalue weighted by atomic mass is 10.1. The van der Waals surface area contributed by atoms with E-state index in [2.05, 4.69) is 23.2 Å². The Hall–Kier alpha value is -2.60. The van der Waals surface area contributed by atoms with Crippen molar-refractivity contribution in [2.75, 3.05) is 10.7 Å². The summed E-state index contributed by atoms with van der Waals surface area (Å²) in [5, 5.41) is 8.87. The summed E-state index contributed by atoms with van der Waals surface area (Å²) in [5.74, 6) is 0.439. The van der Waals surface area contributed by atoms with Gasteiger partial charge in [0.15, 0.2) is 5.16 Å². The third-order valence-corrected chi connectivity index (χ3v) is 5.28. The van der Waals surface area contributed by atoms with Crippen molar-refractivity contribution in [1.29, 1.82) is 0 Å². The fraction of sp³-hybridized carbons (Fsp3) is 0.211. The molecule has 0 fully saturated rings. The lowest BCUT2D eigenvalue weighted by Crippen LogP contribution is -2.37. The Kier molecular flexibility index (Phi) is 4.28. The predicted molar refractivity (Wildman–Crippen MR) is 99.2 cm³/mol. The zero-order valence-corrected chi connectivity index (χ0v) is 14.7. The molecule has 25 heavy (non-hydrogen) atoms. The van der Waals surface area contributed by atoms with Gasteiger partial charge in [0, 0.05) is 17.4 Å². The molecule has 2 aromatic carbocycles. The minimum Gasteiger partial charge on any atom is -0.308 e. The van der Waals surface area contributed by atoms with Gasteiger partial charge < -0.3 is 4.90 Å². The predicted octanol–water partition coefficient (Wildman–Crippen LogP) is 3.34. The second-order valence-electron chi connectivity index (χ2n) is 6.05. The van der Waals surface area contributed by atoms with Crippen molar-refractivity contribution >= 4 is 23.4 Å². The molecule has 4 rings (SSSR count). The number of rotatable bonds is 4. The summed E-state index contributed by atoms with van der Waals surface area (Å²) >= 11 is 1.42. The van der Waals surface area contributed by atoms with Crippen LogP contribution in [0.5, 0.6) is 0 Å². The smallest absolute Gasteiger partial charge is 0.237 e. The number of hydrogen-bond acceptors (Lipinski definition) is 4. The van der Waals surface area contributed by atoms with Gasteiger partial charge in [-0.05, 0) is 37.1 Å². The molecule has 0 saturated carbocycles. The van der Waals surface area contributed by atoms with Crippen molar-refractivity contribution in [2.24, 2.45) is 0 Å². The molecule has 126 valence electrons. The first-order valence-corrected chi connectivity index (χ1v) is 9.21. The number of nitrogens with zero attached hydrogens (tertiary/aromatic N) is 4. The molecule has 1 atom stereocenters. The molecule has 0 radical (unpaired) electrons. The first-order valence-electron chi connectivity index (χ1n) is 8.22. The van der Waals surface area contributed by atoms with Gasteiger partial charge in [-0.2, -0.15) is 0 Å². The fourth-order valence-corrected chi connectivity index (χ4v) is 4.02. The Morgan fingerprint density at radius 3 is 2.76 bits per heavy atom. The van der Waals surface area contributed by atoms with E-state index in [1.165, 1.54) is 17.3 Å². The topological polar surface area (TPSA) is 51.0 Å². The fourth-order valence-electron chi connectivity index (χ4n) is 3.23. The van der Waals surface area contributed by atoms with Crippen molar-refractivity contribution in [3.8, 4) is 5.69 Å². The number of aromatic nitrogens is 3. The van der Waals surface area contributed by atoms with Crippen LogP contribution in [0.15, 0.2) is 66.1 Å². The highest BCUT2D eigenvalue weighted by Crippen LogP contribution is 2.32. The molecule has 1 aromatic heterocycles. The maximum Gasteiger partial charge on any atom is 0.237 e. The number of carbonyl (C=O) groups excluding carboxylic acids is 1. The molecule has 0 bridgehead atoms. The van der Waals surface area contributed by atoms with Crippen LogP contribution in [0.25, 0.3) is 5.69 Å². The van der Waals surface area contributed by atoms with E-state index in [0.717, 1.165) is 23.0 Å². The molecule has 1 amide bonds. The van der Waals surface area contributed by atoms with Crippen LogP contribution in [0.4, 0.5) is 5.69 Å². The number of para-hydroxylation sites is 2. The van der Waals surface area contributed by atoms with Crippen molar-refractivity contribution in [3.05, 3.63) is 66.5 Å². The van der Waals surface area contributed by atoms with Gasteiger partial charge in [0.25, 0.3) is 0 Å². The summed E-state index contributed by atoms with van der Waals surface area (Å²) in [7, 11) is 0. The molecular weight excluding hydrogens is 332 g/mol. The zero-order valence-electron chi connectivity index (χ0n) is 13.9. The normalized spacial score (nSPS) is 16.0. The van der Waals surface area contributed by atoms with Gasteiger partial charge in [-0.1, -0.05) is 48.2 Å². The van der Waals surface area contributed by atoms with E-state index in [9.17, 15) is 4.79 Å². The minimum atomic E-state index is 0.102. The van der Waals surface area contributed by atoms with Gasteiger partial charge in [0.1, 0.15) is 6.33 Å². The zero-order chi connectivity index (χ0) is 17.2. The van der Waals surface area contributed by atoms with Crippen molar-refractivity contribution in [2.45, 2.75) is 24.5 Å². The molecule has 6 heteroatoms. The van der Waals surface area contributed by atoms with Gasteiger partial charge in [-0.25, -0.2) is 0 Å². The molecule has 0 unspecified atom stereocenters. The van der Waals surface area contributed by atoms with Gasteiger partial charge >= 0.3 is 0 Å². The molecule has 5 nitrogen and oxygen atoms in total. The van der Waals surface area contributed by atoms with Gasteiger partial charge in [-0.15, -0.1) is 10.2 Å². The third kappa shape index (κ3) is 3.05. The van der Waals surface area contributed by atoms with Crippen LogP contribution in [0.2, 0.25) is 0 Å². The van der Waals surface area contributed by atoms with E-state index in [1.54, 1.807) is 6.33 Å². The molecule has 0 aliphatic carbocycles. The van der Waals surface area contributed by atoms with Crippen LogP contribution >= 0.6 is 11.8 Å². The molecule has 3 aromatic rings. The standard InChI is InChI=1S/C19H18N4OS/c1-14-11-15-7-5-6-10-17(15)23(14)18(24)12-25-19-21-20-13-22(19)16-8-3-2-4-9-16/h2-10,13-14H,11-12H2,1H3/t14-/m1/s1. The number of amides is 1. The Morgan fingerprint density at radius 2 is 1.92 bits per heavy atom.